The molecule has 1 saturated heterocycles. The van der Waals surface area contributed by atoms with Crippen LogP contribution >= 0.6 is 0 Å². The zero-order valence-electron chi connectivity index (χ0n) is 23.7. The summed E-state index contributed by atoms with van der Waals surface area (Å²) in [6.07, 6.45) is 5.83. The number of ketones is 2. The van der Waals surface area contributed by atoms with Gasteiger partial charge in [-0.05, 0) is 47.7 Å². The predicted octanol–water partition coefficient (Wildman–Crippen LogP) is 6.93. The van der Waals surface area contributed by atoms with Gasteiger partial charge in [-0.25, -0.2) is 0 Å². The highest BCUT2D eigenvalue weighted by Crippen LogP contribution is 2.62. The number of hydrogen-bond donors (Lipinski definition) is 1. The van der Waals surface area contributed by atoms with Crippen LogP contribution < -0.4 is 5.32 Å². The van der Waals surface area contributed by atoms with Crippen molar-refractivity contribution in [3.8, 4) is 0 Å². The van der Waals surface area contributed by atoms with E-state index in [0.29, 0.717) is 16.8 Å². The third-order valence-corrected chi connectivity index (χ3v) is 9.23. The molecule has 5 nitrogen and oxygen atoms in total. The molecule has 4 aromatic carbocycles. The van der Waals surface area contributed by atoms with Gasteiger partial charge in [-0.2, -0.15) is 0 Å². The lowest BCUT2D eigenvalue weighted by Gasteiger charge is -2.38. The van der Waals surface area contributed by atoms with Crippen LogP contribution in [-0.4, -0.2) is 28.4 Å². The minimum absolute atomic E-state index is 0.168. The number of Topliss-reactive ketones (excluding diaryl/α,β-unsaturated/α-hetero) is 2. The van der Waals surface area contributed by atoms with E-state index in [1.165, 1.54) is 0 Å². The van der Waals surface area contributed by atoms with E-state index < -0.39 is 23.4 Å². The van der Waals surface area contributed by atoms with Gasteiger partial charge in [0.1, 0.15) is 11.5 Å². The molecule has 0 saturated carbocycles. The van der Waals surface area contributed by atoms with Gasteiger partial charge in [-0.1, -0.05) is 110 Å². The normalized spacial score (nSPS) is 23.3. The number of para-hydroxylation sites is 1. The lowest BCUT2D eigenvalue weighted by Crippen LogP contribution is -2.49. The Morgan fingerprint density at radius 3 is 2.26 bits per heavy atom. The number of nitrogens with one attached hydrogen (secondary N) is 1. The second-order valence-electron chi connectivity index (χ2n) is 11.6. The Morgan fingerprint density at radius 1 is 0.833 bits per heavy atom. The predicted molar refractivity (Wildman–Crippen MR) is 164 cm³/mol. The van der Waals surface area contributed by atoms with Crippen LogP contribution in [-0.2, 0) is 16.6 Å². The Labute approximate surface area is 245 Å². The highest BCUT2D eigenvalue weighted by Gasteiger charge is 2.70. The fourth-order valence-corrected chi connectivity index (χ4v) is 7.36. The molecule has 0 bridgehead atoms. The van der Waals surface area contributed by atoms with Crippen LogP contribution in [0.5, 0.6) is 0 Å². The summed E-state index contributed by atoms with van der Waals surface area (Å²) in [5.41, 5.74) is 5.28. The van der Waals surface area contributed by atoms with Crippen molar-refractivity contribution in [3.05, 3.63) is 142 Å². The van der Waals surface area contributed by atoms with Gasteiger partial charge >= 0.3 is 0 Å². The molecule has 4 atom stereocenters. The average molecular weight is 553 g/mol. The van der Waals surface area contributed by atoms with E-state index in [1.807, 2.05) is 121 Å². The monoisotopic (exact) mass is 552 g/mol. The van der Waals surface area contributed by atoms with Gasteiger partial charge in [0.25, 0.3) is 0 Å². The summed E-state index contributed by atoms with van der Waals surface area (Å²) < 4.78 is 0. The molecular weight excluding hydrogens is 520 g/mol. The van der Waals surface area contributed by atoms with Crippen LogP contribution in [0.3, 0.4) is 0 Å². The van der Waals surface area contributed by atoms with Crippen molar-refractivity contribution in [2.75, 3.05) is 5.32 Å². The first-order valence-corrected chi connectivity index (χ1v) is 14.6. The van der Waals surface area contributed by atoms with Crippen LogP contribution in [0.4, 0.5) is 5.69 Å². The first-order chi connectivity index (χ1) is 20.4. The fraction of sp³-hybridized carbons (Fsp3) is 0.216. The number of aryl methyl sites for hydroxylation is 2. The second kappa shape index (κ2) is 9.95. The molecule has 3 aliphatic rings. The molecule has 42 heavy (non-hydrogen) atoms. The number of carbonyl (C=O) groups is 3. The van der Waals surface area contributed by atoms with Crippen LogP contribution in [0.1, 0.15) is 67.9 Å². The molecule has 4 aromatic rings. The molecule has 1 fully saturated rings. The molecule has 1 spiro atoms. The maximum absolute atomic E-state index is 14.9. The van der Waals surface area contributed by atoms with E-state index in [2.05, 4.69) is 12.2 Å². The molecule has 7 rings (SSSR count). The summed E-state index contributed by atoms with van der Waals surface area (Å²) in [5, 5.41) is 3.11. The summed E-state index contributed by atoms with van der Waals surface area (Å²) in [5.74, 6) is -1.58. The first-order valence-electron chi connectivity index (χ1n) is 14.6. The SMILES string of the molecule is CCCc1ccc(C(=O)[C@@H]2[C@@H](C(=O)c3ccc(C)cc3)N3C=Cc4ccccc4[C@@H]3[C@]23C(=O)Nc2ccccc23)cc1. The molecule has 0 aromatic heterocycles. The summed E-state index contributed by atoms with van der Waals surface area (Å²) in [6.45, 7) is 4.10. The van der Waals surface area contributed by atoms with Crippen molar-refractivity contribution in [3.63, 3.8) is 0 Å². The number of hydrogen-bond acceptors (Lipinski definition) is 4. The Hall–Kier alpha value is -4.77. The maximum atomic E-state index is 14.9. The van der Waals surface area contributed by atoms with Gasteiger partial charge < -0.3 is 10.2 Å². The van der Waals surface area contributed by atoms with Crippen molar-refractivity contribution < 1.29 is 14.4 Å². The molecule has 3 aliphatic heterocycles. The highest BCUT2D eigenvalue weighted by atomic mass is 16.2. The first kappa shape index (κ1) is 26.1. The molecule has 5 heteroatoms. The van der Waals surface area contributed by atoms with E-state index >= 15 is 0 Å². The molecule has 0 radical (unpaired) electrons. The summed E-state index contributed by atoms with van der Waals surface area (Å²) in [4.78, 5) is 46.0. The van der Waals surface area contributed by atoms with Gasteiger partial charge in [0.2, 0.25) is 5.91 Å². The van der Waals surface area contributed by atoms with Gasteiger partial charge in [-0.3, -0.25) is 14.4 Å². The largest absolute Gasteiger partial charge is 0.358 e. The summed E-state index contributed by atoms with van der Waals surface area (Å²) >= 11 is 0. The number of nitrogens with zero attached hydrogens (tertiary/aromatic N) is 1. The number of carbonyl (C=O) groups excluding carboxylic acids is 3. The zero-order chi connectivity index (χ0) is 29.0. The van der Waals surface area contributed by atoms with E-state index in [-0.39, 0.29) is 17.5 Å². The molecule has 1 amide bonds. The molecular formula is C37H32N2O3. The fourth-order valence-electron chi connectivity index (χ4n) is 7.36. The van der Waals surface area contributed by atoms with Crippen molar-refractivity contribution in [2.24, 2.45) is 5.92 Å². The van der Waals surface area contributed by atoms with Crippen molar-refractivity contribution >= 4 is 29.2 Å². The summed E-state index contributed by atoms with van der Waals surface area (Å²) in [6, 6.07) is 29.3. The number of amides is 1. The standard InChI is InChI=1S/C37H32N2O3/c1-3-8-24-15-19-26(20-16-24)33(40)31-32(34(41)27-17-13-23(2)14-18-27)39-22-21-25-9-4-5-10-28(25)35(39)37(31)29-11-6-7-12-30(29)38-36(37)42/h4-7,9-22,31-32,35H,3,8H2,1-2H3,(H,38,42)/t31-,32-,35+,37+/m0/s1. The van der Waals surface area contributed by atoms with Crippen LogP contribution in [0.2, 0.25) is 0 Å². The number of anilines is 1. The maximum Gasteiger partial charge on any atom is 0.238 e. The molecule has 208 valence electrons. The molecule has 0 unspecified atom stereocenters. The Bertz CT molecular complexity index is 1750. The van der Waals surface area contributed by atoms with E-state index in [4.69, 9.17) is 0 Å². The Morgan fingerprint density at radius 2 is 1.50 bits per heavy atom. The third-order valence-electron chi connectivity index (χ3n) is 9.23. The van der Waals surface area contributed by atoms with Gasteiger partial charge in [0, 0.05) is 23.0 Å². The smallest absolute Gasteiger partial charge is 0.238 e. The van der Waals surface area contributed by atoms with Crippen LogP contribution in [0.15, 0.2) is 103 Å². The van der Waals surface area contributed by atoms with Crippen molar-refractivity contribution in [1.82, 2.24) is 4.90 Å². The number of rotatable bonds is 6. The molecule has 0 aliphatic carbocycles. The molecule has 1 N–H and O–H groups in total. The number of fused-ring (bicyclic) bond motifs is 6. The highest BCUT2D eigenvalue weighted by molar-refractivity contribution is 6.16. The average Bonchev–Trinajstić information content (AvgIpc) is 3.49. The van der Waals surface area contributed by atoms with Gasteiger partial charge in [-0.15, -0.1) is 0 Å². The Kier molecular flexibility index (Phi) is 6.19. The van der Waals surface area contributed by atoms with E-state index in [0.717, 1.165) is 40.7 Å². The van der Waals surface area contributed by atoms with Gasteiger partial charge in [0.15, 0.2) is 11.6 Å². The molecule has 3 heterocycles. The Balaban J connectivity index is 1.50. The van der Waals surface area contributed by atoms with Crippen molar-refractivity contribution in [2.45, 2.75) is 44.2 Å². The van der Waals surface area contributed by atoms with E-state index in [9.17, 15) is 14.4 Å². The quantitative estimate of drug-likeness (QED) is 0.264. The van der Waals surface area contributed by atoms with Crippen LogP contribution in [0, 0.1) is 12.8 Å². The van der Waals surface area contributed by atoms with Crippen molar-refractivity contribution in [1.29, 1.82) is 0 Å². The summed E-state index contributed by atoms with van der Waals surface area (Å²) in [7, 11) is 0. The topological polar surface area (TPSA) is 66.5 Å². The second-order valence-corrected chi connectivity index (χ2v) is 11.6. The third kappa shape index (κ3) is 3.73. The minimum atomic E-state index is -1.32. The van der Waals surface area contributed by atoms with E-state index in [1.54, 1.807) is 0 Å². The number of benzene rings is 4. The zero-order valence-corrected chi connectivity index (χ0v) is 23.7. The lowest BCUT2D eigenvalue weighted by molar-refractivity contribution is -0.122. The lowest BCUT2D eigenvalue weighted by atomic mass is 9.62. The minimum Gasteiger partial charge on any atom is -0.358 e. The van der Waals surface area contributed by atoms with Gasteiger partial charge in [0.05, 0.1) is 12.0 Å². The van der Waals surface area contributed by atoms with Crippen LogP contribution in [0.25, 0.3) is 6.08 Å².